The van der Waals surface area contributed by atoms with Crippen molar-refractivity contribution >= 4 is 5.65 Å². The van der Waals surface area contributed by atoms with Gasteiger partial charge in [0.25, 0.3) is 0 Å². The van der Waals surface area contributed by atoms with Crippen molar-refractivity contribution in [3.63, 3.8) is 0 Å². The molecule has 0 spiro atoms. The fourth-order valence-corrected chi connectivity index (χ4v) is 1.56. The van der Waals surface area contributed by atoms with E-state index in [9.17, 15) is 0 Å². The molecule has 1 atom stereocenters. The van der Waals surface area contributed by atoms with Gasteiger partial charge in [-0.15, -0.1) is 10.2 Å². The molecule has 0 aromatic carbocycles. The van der Waals surface area contributed by atoms with Crippen LogP contribution in [0.1, 0.15) is 25.6 Å². The van der Waals surface area contributed by atoms with E-state index in [1.54, 1.807) is 12.4 Å². The molecule has 1 N–H and O–H groups in total. The van der Waals surface area contributed by atoms with Crippen molar-refractivity contribution in [2.45, 2.75) is 19.8 Å². The number of hydrogen-bond donors (Lipinski definition) is 1. The smallest absolute Gasteiger partial charge is 0.179 e. The zero-order valence-electron chi connectivity index (χ0n) is 9.01. The van der Waals surface area contributed by atoms with Crippen molar-refractivity contribution in [2.75, 3.05) is 13.1 Å². The van der Waals surface area contributed by atoms with Gasteiger partial charge in [0.05, 0.1) is 6.20 Å². The van der Waals surface area contributed by atoms with Crippen LogP contribution < -0.4 is 5.32 Å². The van der Waals surface area contributed by atoms with E-state index < -0.39 is 0 Å². The summed E-state index contributed by atoms with van der Waals surface area (Å²) in [7, 11) is 0. The van der Waals surface area contributed by atoms with Crippen LogP contribution in [-0.2, 0) is 0 Å². The molecular weight excluding hydrogens is 190 g/mol. The van der Waals surface area contributed by atoms with Crippen LogP contribution in [0.5, 0.6) is 0 Å². The molecular formula is C10H15N5. The molecule has 2 rings (SSSR count). The van der Waals surface area contributed by atoms with Gasteiger partial charge in [0.15, 0.2) is 5.65 Å². The normalized spacial score (nSPS) is 13.2. The zero-order valence-corrected chi connectivity index (χ0v) is 9.01. The number of likely N-dealkylation sites (N-methyl/N-ethyl adjacent to an activating group) is 1. The highest BCUT2D eigenvalue weighted by Crippen LogP contribution is 2.12. The topological polar surface area (TPSA) is 55.1 Å². The molecule has 0 amide bonds. The summed E-state index contributed by atoms with van der Waals surface area (Å²) >= 11 is 0. The minimum Gasteiger partial charge on any atom is -0.316 e. The molecule has 0 radical (unpaired) electrons. The van der Waals surface area contributed by atoms with Crippen LogP contribution in [0.4, 0.5) is 0 Å². The van der Waals surface area contributed by atoms with Crippen molar-refractivity contribution in [1.29, 1.82) is 0 Å². The summed E-state index contributed by atoms with van der Waals surface area (Å²) in [6.07, 6.45) is 5.36. The van der Waals surface area contributed by atoms with Crippen molar-refractivity contribution in [1.82, 2.24) is 24.9 Å². The third kappa shape index (κ3) is 1.97. The summed E-state index contributed by atoms with van der Waals surface area (Å²) in [6, 6.07) is 0. The SMILES string of the molecule is CCNCC(C)c1nnc2cnccn12. The lowest BCUT2D eigenvalue weighted by Gasteiger charge is -2.09. The molecule has 2 aromatic rings. The van der Waals surface area contributed by atoms with Crippen LogP contribution in [-0.4, -0.2) is 32.7 Å². The highest BCUT2D eigenvalue weighted by Gasteiger charge is 2.12. The predicted octanol–water partition coefficient (Wildman–Crippen LogP) is 0.837. The first-order chi connectivity index (χ1) is 7.33. The van der Waals surface area contributed by atoms with E-state index in [4.69, 9.17) is 0 Å². The van der Waals surface area contributed by atoms with E-state index in [2.05, 4.69) is 34.3 Å². The Bertz CT molecular complexity index is 436. The molecule has 0 bridgehead atoms. The van der Waals surface area contributed by atoms with E-state index in [0.29, 0.717) is 5.92 Å². The van der Waals surface area contributed by atoms with E-state index in [-0.39, 0.29) is 0 Å². The van der Waals surface area contributed by atoms with E-state index >= 15 is 0 Å². The molecule has 5 nitrogen and oxygen atoms in total. The summed E-state index contributed by atoms with van der Waals surface area (Å²) in [4.78, 5) is 4.01. The van der Waals surface area contributed by atoms with Gasteiger partial charge in [-0.25, -0.2) is 0 Å². The van der Waals surface area contributed by atoms with Gasteiger partial charge in [-0.3, -0.25) is 9.38 Å². The van der Waals surface area contributed by atoms with Crippen molar-refractivity contribution in [3.05, 3.63) is 24.4 Å². The molecule has 0 saturated heterocycles. The molecule has 15 heavy (non-hydrogen) atoms. The lowest BCUT2D eigenvalue weighted by Crippen LogP contribution is -2.20. The third-order valence-electron chi connectivity index (χ3n) is 2.38. The molecule has 1 unspecified atom stereocenters. The Morgan fingerprint density at radius 2 is 2.33 bits per heavy atom. The van der Waals surface area contributed by atoms with Gasteiger partial charge in [0.1, 0.15) is 5.82 Å². The van der Waals surface area contributed by atoms with Crippen molar-refractivity contribution < 1.29 is 0 Å². The Kier molecular flexibility index (Phi) is 2.91. The molecule has 0 aliphatic rings. The van der Waals surface area contributed by atoms with Gasteiger partial charge in [-0.05, 0) is 6.54 Å². The minimum absolute atomic E-state index is 0.349. The minimum atomic E-state index is 0.349. The highest BCUT2D eigenvalue weighted by molar-refractivity contribution is 5.34. The Hall–Kier alpha value is -1.49. The number of rotatable bonds is 4. The average Bonchev–Trinajstić information content (AvgIpc) is 2.69. The van der Waals surface area contributed by atoms with Gasteiger partial charge in [0, 0.05) is 24.9 Å². The van der Waals surface area contributed by atoms with Crippen LogP contribution in [0.2, 0.25) is 0 Å². The monoisotopic (exact) mass is 205 g/mol. The molecule has 0 fully saturated rings. The van der Waals surface area contributed by atoms with Crippen molar-refractivity contribution in [3.8, 4) is 0 Å². The summed E-state index contributed by atoms with van der Waals surface area (Å²) in [5.41, 5.74) is 0.802. The lowest BCUT2D eigenvalue weighted by atomic mass is 10.1. The first-order valence-corrected chi connectivity index (χ1v) is 5.18. The number of aromatic nitrogens is 4. The molecule has 80 valence electrons. The van der Waals surface area contributed by atoms with E-state index in [0.717, 1.165) is 24.6 Å². The Morgan fingerprint density at radius 1 is 1.47 bits per heavy atom. The van der Waals surface area contributed by atoms with Crippen LogP contribution in [0.15, 0.2) is 18.6 Å². The molecule has 0 aliphatic carbocycles. The summed E-state index contributed by atoms with van der Waals surface area (Å²) in [5, 5.41) is 11.6. The number of nitrogens with zero attached hydrogens (tertiary/aromatic N) is 4. The molecule has 5 heteroatoms. The maximum atomic E-state index is 4.18. The Morgan fingerprint density at radius 3 is 3.13 bits per heavy atom. The van der Waals surface area contributed by atoms with Gasteiger partial charge < -0.3 is 5.32 Å². The van der Waals surface area contributed by atoms with Gasteiger partial charge in [-0.1, -0.05) is 13.8 Å². The first kappa shape index (κ1) is 10.0. The number of nitrogens with one attached hydrogen (secondary N) is 1. The second-order valence-corrected chi connectivity index (χ2v) is 3.57. The zero-order chi connectivity index (χ0) is 10.7. The quantitative estimate of drug-likeness (QED) is 0.803. The van der Waals surface area contributed by atoms with Crippen molar-refractivity contribution in [2.24, 2.45) is 0 Å². The Labute approximate surface area is 88.6 Å². The fourth-order valence-electron chi connectivity index (χ4n) is 1.56. The molecule has 0 saturated carbocycles. The largest absolute Gasteiger partial charge is 0.316 e. The number of fused-ring (bicyclic) bond motifs is 1. The maximum absolute atomic E-state index is 4.18. The standard InChI is InChI=1S/C10H15N5/c1-3-11-6-8(2)10-14-13-9-7-12-4-5-15(9)10/h4-5,7-8,11H,3,6H2,1-2H3. The molecule has 0 aliphatic heterocycles. The predicted molar refractivity (Wildman–Crippen MR) is 57.7 cm³/mol. The second-order valence-electron chi connectivity index (χ2n) is 3.57. The van der Waals surface area contributed by atoms with Gasteiger partial charge in [0.2, 0.25) is 0 Å². The fraction of sp³-hybridized carbons (Fsp3) is 0.500. The second kappa shape index (κ2) is 4.35. The molecule has 2 aromatic heterocycles. The highest BCUT2D eigenvalue weighted by atomic mass is 15.3. The van der Waals surface area contributed by atoms with Gasteiger partial charge >= 0.3 is 0 Å². The van der Waals surface area contributed by atoms with Crippen LogP contribution in [0.3, 0.4) is 0 Å². The van der Waals surface area contributed by atoms with Crippen LogP contribution >= 0.6 is 0 Å². The Balaban J connectivity index is 2.27. The maximum Gasteiger partial charge on any atom is 0.179 e. The van der Waals surface area contributed by atoms with Gasteiger partial charge in [-0.2, -0.15) is 0 Å². The summed E-state index contributed by atoms with van der Waals surface area (Å²) in [6.45, 7) is 6.13. The van der Waals surface area contributed by atoms with Crippen LogP contribution in [0.25, 0.3) is 5.65 Å². The lowest BCUT2D eigenvalue weighted by molar-refractivity contribution is 0.603. The summed E-state index contributed by atoms with van der Waals surface area (Å²) in [5.74, 6) is 1.33. The van der Waals surface area contributed by atoms with E-state index in [1.807, 2.05) is 10.6 Å². The first-order valence-electron chi connectivity index (χ1n) is 5.18. The molecule has 2 heterocycles. The summed E-state index contributed by atoms with van der Waals surface area (Å²) < 4.78 is 1.98. The van der Waals surface area contributed by atoms with Crippen LogP contribution in [0, 0.1) is 0 Å². The van der Waals surface area contributed by atoms with E-state index in [1.165, 1.54) is 0 Å². The third-order valence-corrected chi connectivity index (χ3v) is 2.38. The average molecular weight is 205 g/mol. The number of hydrogen-bond acceptors (Lipinski definition) is 4.